The van der Waals surface area contributed by atoms with E-state index in [1.54, 1.807) is 24.3 Å². The first-order chi connectivity index (χ1) is 16.3. The van der Waals surface area contributed by atoms with Gasteiger partial charge < -0.3 is 4.74 Å². The molecule has 0 unspecified atom stereocenters. The van der Waals surface area contributed by atoms with Crippen molar-refractivity contribution in [3.05, 3.63) is 89.2 Å². The first-order valence-electron chi connectivity index (χ1n) is 9.97. The number of rotatable bonds is 4. The summed E-state index contributed by atoms with van der Waals surface area (Å²) in [6, 6.07) is 14.0. The molecule has 2 amide bonds. The molecule has 0 saturated heterocycles. The predicted molar refractivity (Wildman–Crippen MR) is 115 cm³/mol. The highest BCUT2D eigenvalue weighted by Crippen LogP contribution is 2.32. The number of ether oxygens (including phenoxy) is 1. The van der Waals surface area contributed by atoms with Gasteiger partial charge in [-0.2, -0.15) is 13.2 Å². The Morgan fingerprint density at radius 1 is 0.912 bits per heavy atom. The average molecular weight is 464 g/mol. The Bertz CT molecular complexity index is 1320. The summed E-state index contributed by atoms with van der Waals surface area (Å²) in [5, 5.41) is 0. The number of carbonyl (C=O) groups is 3. The molecule has 0 fully saturated rings. The molecule has 0 radical (unpaired) electrons. The van der Waals surface area contributed by atoms with Gasteiger partial charge >= 0.3 is 12.1 Å². The van der Waals surface area contributed by atoms with E-state index < -0.39 is 29.5 Å². The molecule has 0 aliphatic carbocycles. The Balaban J connectivity index is 1.37. The lowest BCUT2D eigenvalue weighted by Gasteiger charge is -2.09. The third kappa shape index (κ3) is 4.66. The van der Waals surface area contributed by atoms with Crippen LogP contribution in [0.3, 0.4) is 0 Å². The largest absolute Gasteiger partial charge is 0.448 e. The maximum absolute atomic E-state index is 13.0. The number of nitrogens with zero attached hydrogens (tertiary/aromatic N) is 2. The van der Waals surface area contributed by atoms with Gasteiger partial charge in [0.25, 0.3) is 11.8 Å². The lowest BCUT2D eigenvalue weighted by Crippen LogP contribution is -2.30. The summed E-state index contributed by atoms with van der Waals surface area (Å²) in [5.41, 5.74) is 0.355. The minimum Gasteiger partial charge on any atom is -0.448 e. The molecular formula is C25H15F3N2O4. The van der Waals surface area contributed by atoms with Crippen molar-refractivity contribution >= 4 is 17.8 Å². The molecule has 0 spiro atoms. The quantitative estimate of drug-likeness (QED) is 0.328. The Labute approximate surface area is 192 Å². The Morgan fingerprint density at radius 2 is 1.59 bits per heavy atom. The van der Waals surface area contributed by atoms with E-state index in [0.29, 0.717) is 16.7 Å². The number of esters is 1. The van der Waals surface area contributed by atoms with E-state index >= 15 is 0 Å². The molecule has 0 saturated carbocycles. The van der Waals surface area contributed by atoms with Gasteiger partial charge in [-0.1, -0.05) is 36.1 Å². The molecule has 1 aliphatic rings. The van der Waals surface area contributed by atoms with E-state index in [0.717, 1.165) is 17.0 Å². The zero-order chi connectivity index (χ0) is 24.3. The van der Waals surface area contributed by atoms with Crippen LogP contribution in [0.5, 0.6) is 0 Å². The van der Waals surface area contributed by atoms with Crippen molar-refractivity contribution in [2.24, 2.45) is 0 Å². The van der Waals surface area contributed by atoms with Crippen LogP contribution in [0, 0.1) is 11.8 Å². The molecule has 2 heterocycles. The standard InChI is InChI=1S/C25H15F3N2O4/c26-25(27,28)18-7-5-6-16(14-18)17-10-11-29-21(15-17)24(33)34-13-4-3-12-30-22(31)19-8-1-2-9-20(19)23(30)32/h1-2,5-11,14-15H,12-13H2. The zero-order valence-electron chi connectivity index (χ0n) is 17.4. The Morgan fingerprint density at radius 3 is 2.26 bits per heavy atom. The molecule has 0 bridgehead atoms. The number of carbonyl (C=O) groups excluding carboxylic acids is 3. The molecule has 2 aromatic carbocycles. The minimum absolute atomic E-state index is 0.0999. The van der Waals surface area contributed by atoms with Crippen LogP contribution >= 0.6 is 0 Å². The molecule has 9 heteroatoms. The molecule has 6 nitrogen and oxygen atoms in total. The fourth-order valence-electron chi connectivity index (χ4n) is 3.34. The number of aromatic nitrogens is 1. The first-order valence-corrected chi connectivity index (χ1v) is 9.97. The van der Waals surface area contributed by atoms with Crippen LogP contribution in [0.1, 0.15) is 36.8 Å². The van der Waals surface area contributed by atoms with E-state index in [1.807, 2.05) is 0 Å². The summed E-state index contributed by atoms with van der Waals surface area (Å²) in [6.07, 6.45) is -3.20. The summed E-state index contributed by atoms with van der Waals surface area (Å²) < 4.78 is 43.9. The number of pyridine rings is 1. The molecule has 1 aromatic heterocycles. The molecule has 170 valence electrons. The smallest absolute Gasteiger partial charge is 0.416 e. The fraction of sp³-hybridized carbons (Fsp3) is 0.120. The number of hydrogen-bond acceptors (Lipinski definition) is 5. The minimum atomic E-state index is -4.49. The lowest BCUT2D eigenvalue weighted by molar-refractivity contribution is -0.137. The zero-order valence-corrected chi connectivity index (χ0v) is 17.4. The van der Waals surface area contributed by atoms with Gasteiger partial charge in [0.2, 0.25) is 0 Å². The summed E-state index contributed by atoms with van der Waals surface area (Å²) in [4.78, 5) is 41.7. The number of hydrogen-bond donors (Lipinski definition) is 0. The van der Waals surface area contributed by atoms with Crippen molar-refractivity contribution < 1.29 is 32.3 Å². The van der Waals surface area contributed by atoms with Crippen LogP contribution in [0.2, 0.25) is 0 Å². The number of amides is 2. The van der Waals surface area contributed by atoms with Crippen molar-refractivity contribution in [2.75, 3.05) is 13.2 Å². The van der Waals surface area contributed by atoms with Gasteiger partial charge in [0.15, 0.2) is 6.61 Å². The van der Waals surface area contributed by atoms with Gasteiger partial charge in [0.05, 0.1) is 23.2 Å². The van der Waals surface area contributed by atoms with Crippen LogP contribution in [-0.2, 0) is 10.9 Å². The molecule has 0 atom stereocenters. The molecule has 1 aliphatic heterocycles. The summed E-state index contributed by atoms with van der Waals surface area (Å²) in [7, 11) is 0. The third-order valence-electron chi connectivity index (χ3n) is 5.01. The monoisotopic (exact) mass is 464 g/mol. The summed E-state index contributed by atoms with van der Waals surface area (Å²) in [5.74, 6) is 3.48. The van der Waals surface area contributed by atoms with Gasteiger partial charge in [-0.15, -0.1) is 0 Å². The van der Waals surface area contributed by atoms with Gasteiger partial charge in [-0.3, -0.25) is 14.5 Å². The number of halogens is 3. The highest BCUT2D eigenvalue weighted by molar-refractivity contribution is 6.21. The van der Waals surface area contributed by atoms with Gasteiger partial charge in [0, 0.05) is 6.20 Å². The topological polar surface area (TPSA) is 76.6 Å². The van der Waals surface area contributed by atoms with Gasteiger partial charge in [-0.05, 0) is 47.5 Å². The number of benzene rings is 2. The summed E-state index contributed by atoms with van der Waals surface area (Å²) >= 11 is 0. The molecule has 0 N–H and O–H groups in total. The molecule has 4 rings (SSSR count). The van der Waals surface area contributed by atoms with Crippen LogP contribution in [-0.4, -0.2) is 40.8 Å². The number of alkyl halides is 3. The summed E-state index contributed by atoms with van der Waals surface area (Å²) in [6.45, 7) is -0.482. The maximum atomic E-state index is 13.0. The van der Waals surface area contributed by atoms with E-state index in [2.05, 4.69) is 16.8 Å². The second-order valence-corrected chi connectivity index (χ2v) is 7.18. The fourth-order valence-corrected chi connectivity index (χ4v) is 3.34. The van der Waals surface area contributed by atoms with Crippen LogP contribution in [0.15, 0.2) is 66.9 Å². The normalized spacial score (nSPS) is 12.7. The van der Waals surface area contributed by atoms with Gasteiger partial charge in [0.1, 0.15) is 5.69 Å². The molecule has 3 aromatic rings. The van der Waals surface area contributed by atoms with E-state index in [9.17, 15) is 27.6 Å². The predicted octanol–water partition coefficient (Wildman–Crippen LogP) is 4.22. The third-order valence-corrected chi connectivity index (χ3v) is 5.01. The van der Waals surface area contributed by atoms with Crippen LogP contribution in [0.25, 0.3) is 11.1 Å². The number of imide groups is 1. The van der Waals surface area contributed by atoms with E-state index in [4.69, 9.17) is 4.74 Å². The van der Waals surface area contributed by atoms with Crippen molar-refractivity contribution in [3.63, 3.8) is 0 Å². The Hall–Kier alpha value is -4.45. The second-order valence-electron chi connectivity index (χ2n) is 7.18. The number of fused-ring (bicyclic) bond motifs is 1. The van der Waals surface area contributed by atoms with Crippen molar-refractivity contribution in [2.45, 2.75) is 6.18 Å². The first kappa shape index (κ1) is 22.7. The van der Waals surface area contributed by atoms with Crippen LogP contribution in [0.4, 0.5) is 13.2 Å². The maximum Gasteiger partial charge on any atom is 0.416 e. The van der Waals surface area contributed by atoms with E-state index in [-0.39, 0.29) is 24.4 Å². The highest BCUT2D eigenvalue weighted by atomic mass is 19.4. The average Bonchev–Trinajstić information content (AvgIpc) is 3.08. The van der Waals surface area contributed by atoms with Crippen molar-refractivity contribution in [1.82, 2.24) is 9.88 Å². The second kappa shape index (κ2) is 9.19. The Kier molecular flexibility index (Phi) is 6.15. The lowest BCUT2D eigenvalue weighted by atomic mass is 10.0. The SMILES string of the molecule is O=C(OCC#CCN1C(=O)c2ccccc2C1=O)c1cc(-c2cccc(C(F)(F)F)c2)ccn1. The van der Waals surface area contributed by atoms with Crippen molar-refractivity contribution in [3.8, 4) is 23.0 Å². The molecule has 34 heavy (non-hydrogen) atoms. The van der Waals surface area contributed by atoms with Crippen LogP contribution < -0.4 is 0 Å². The van der Waals surface area contributed by atoms with Crippen molar-refractivity contribution in [1.29, 1.82) is 0 Å². The van der Waals surface area contributed by atoms with Gasteiger partial charge in [-0.25, -0.2) is 9.78 Å². The molecular weight excluding hydrogens is 449 g/mol. The highest BCUT2D eigenvalue weighted by Gasteiger charge is 2.34. The van der Waals surface area contributed by atoms with E-state index in [1.165, 1.54) is 30.5 Å².